The van der Waals surface area contributed by atoms with Crippen LogP contribution >= 0.6 is 23.2 Å². The largest absolute Gasteiger partial charge is 0.451 e. The van der Waals surface area contributed by atoms with Crippen molar-refractivity contribution in [3.63, 3.8) is 0 Å². The first-order chi connectivity index (χ1) is 15.8. The highest BCUT2D eigenvalue weighted by Gasteiger charge is 2.21. The van der Waals surface area contributed by atoms with Gasteiger partial charge in [0.25, 0.3) is 5.82 Å². The summed E-state index contributed by atoms with van der Waals surface area (Å²) in [6.07, 6.45) is 0. The highest BCUT2D eigenvalue weighted by Crippen LogP contribution is 2.25. The lowest BCUT2D eigenvalue weighted by molar-refractivity contribution is 0.0462. The molecular formula is C24H16Cl2FN3O3. The van der Waals surface area contributed by atoms with E-state index in [2.05, 4.69) is 10.1 Å². The SMILES string of the molecule is Cc1ccc(-n2nc(C(=O)OCC(=O)c3ccc(Cl)cc3)nc2-c2ccc(F)cc2)cc1Cl. The molecule has 0 spiro atoms. The van der Waals surface area contributed by atoms with Crippen molar-refractivity contribution in [2.24, 2.45) is 0 Å². The first-order valence-corrected chi connectivity index (χ1v) is 10.5. The summed E-state index contributed by atoms with van der Waals surface area (Å²) in [7, 11) is 0. The lowest BCUT2D eigenvalue weighted by atomic mass is 10.1. The van der Waals surface area contributed by atoms with Gasteiger partial charge >= 0.3 is 5.97 Å². The third-order valence-corrected chi connectivity index (χ3v) is 5.45. The number of hydrogen-bond donors (Lipinski definition) is 0. The van der Waals surface area contributed by atoms with E-state index in [1.54, 1.807) is 42.5 Å². The second-order valence-electron chi connectivity index (χ2n) is 7.12. The molecule has 0 bridgehead atoms. The molecule has 0 fully saturated rings. The van der Waals surface area contributed by atoms with Crippen molar-refractivity contribution in [1.82, 2.24) is 14.8 Å². The van der Waals surface area contributed by atoms with Crippen molar-refractivity contribution in [3.05, 3.63) is 99.5 Å². The number of esters is 1. The van der Waals surface area contributed by atoms with Gasteiger partial charge in [0.05, 0.1) is 5.69 Å². The molecule has 0 atom stereocenters. The zero-order chi connectivity index (χ0) is 23.5. The van der Waals surface area contributed by atoms with Crippen LogP contribution in [0.1, 0.15) is 26.5 Å². The van der Waals surface area contributed by atoms with E-state index in [-0.39, 0.29) is 11.6 Å². The lowest BCUT2D eigenvalue weighted by Gasteiger charge is -2.07. The molecule has 0 aliphatic carbocycles. The van der Waals surface area contributed by atoms with Gasteiger partial charge in [0, 0.05) is 21.2 Å². The zero-order valence-corrected chi connectivity index (χ0v) is 18.8. The fourth-order valence-electron chi connectivity index (χ4n) is 2.99. The number of rotatable bonds is 6. The number of halogens is 3. The Bertz CT molecular complexity index is 1340. The Morgan fingerprint density at radius 2 is 1.70 bits per heavy atom. The fourth-order valence-corrected chi connectivity index (χ4v) is 3.29. The lowest BCUT2D eigenvalue weighted by Crippen LogP contribution is -2.15. The van der Waals surface area contributed by atoms with Crippen molar-refractivity contribution in [1.29, 1.82) is 0 Å². The molecule has 0 aliphatic rings. The van der Waals surface area contributed by atoms with Gasteiger partial charge in [-0.2, -0.15) is 0 Å². The molecule has 3 aromatic carbocycles. The first kappa shape index (κ1) is 22.6. The van der Waals surface area contributed by atoms with Crippen LogP contribution in [0.25, 0.3) is 17.1 Å². The molecule has 0 N–H and O–H groups in total. The number of Topliss-reactive ketones (excluding diaryl/α,β-unsaturated/α-hetero) is 1. The van der Waals surface area contributed by atoms with E-state index < -0.39 is 24.2 Å². The van der Waals surface area contributed by atoms with E-state index in [1.807, 2.05) is 6.92 Å². The molecule has 0 unspecified atom stereocenters. The van der Waals surface area contributed by atoms with Crippen molar-refractivity contribution in [2.45, 2.75) is 6.92 Å². The molecule has 33 heavy (non-hydrogen) atoms. The van der Waals surface area contributed by atoms with Gasteiger partial charge in [-0.1, -0.05) is 29.3 Å². The van der Waals surface area contributed by atoms with Crippen LogP contribution in [-0.4, -0.2) is 33.1 Å². The maximum atomic E-state index is 13.4. The second-order valence-corrected chi connectivity index (χ2v) is 7.96. The topological polar surface area (TPSA) is 74.1 Å². The summed E-state index contributed by atoms with van der Waals surface area (Å²) in [6, 6.07) is 17.1. The van der Waals surface area contributed by atoms with Gasteiger partial charge in [-0.25, -0.2) is 18.9 Å². The Balaban J connectivity index is 1.63. The van der Waals surface area contributed by atoms with Crippen LogP contribution in [0.2, 0.25) is 10.0 Å². The number of carbonyl (C=O) groups is 2. The van der Waals surface area contributed by atoms with E-state index in [9.17, 15) is 14.0 Å². The molecule has 4 rings (SSSR count). The predicted molar refractivity (Wildman–Crippen MR) is 123 cm³/mol. The van der Waals surface area contributed by atoms with E-state index in [1.165, 1.54) is 28.9 Å². The van der Waals surface area contributed by atoms with Crippen molar-refractivity contribution in [2.75, 3.05) is 6.61 Å². The van der Waals surface area contributed by atoms with Gasteiger partial charge in [-0.3, -0.25) is 4.79 Å². The predicted octanol–water partition coefficient (Wildman–Crippen LogP) is 5.73. The fraction of sp³-hybridized carbons (Fsp3) is 0.0833. The van der Waals surface area contributed by atoms with Gasteiger partial charge in [0.15, 0.2) is 18.2 Å². The molecule has 166 valence electrons. The Hall–Kier alpha value is -3.55. The van der Waals surface area contributed by atoms with Crippen molar-refractivity contribution >= 4 is 35.0 Å². The monoisotopic (exact) mass is 483 g/mol. The van der Waals surface area contributed by atoms with E-state index in [4.69, 9.17) is 27.9 Å². The third kappa shape index (κ3) is 5.10. The van der Waals surface area contributed by atoms with Gasteiger partial charge in [0.2, 0.25) is 0 Å². The van der Waals surface area contributed by atoms with Crippen LogP contribution in [0.4, 0.5) is 4.39 Å². The number of ketones is 1. The molecule has 0 saturated carbocycles. The van der Waals surface area contributed by atoms with Crippen LogP contribution in [0.3, 0.4) is 0 Å². The third-order valence-electron chi connectivity index (χ3n) is 4.79. The van der Waals surface area contributed by atoms with Gasteiger partial charge in [0.1, 0.15) is 5.82 Å². The summed E-state index contributed by atoms with van der Waals surface area (Å²) in [5.74, 6) is -1.66. The van der Waals surface area contributed by atoms with Crippen molar-refractivity contribution < 1.29 is 18.7 Å². The van der Waals surface area contributed by atoms with Gasteiger partial charge in [-0.15, -0.1) is 5.10 Å². The molecular weight excluding hydrogens is 468 g/mol. The number of aryl methyl sites for hydroxylation is 1. The Labute approximate surface area is 198 Å². The molecule has 9 heteroatoms. The standard InChI is InChI=1S/C24H16Cl2FN3O3/c1-14-2-11-19(12-20(14)26)30-23(16-5-9-18(27)10-6-16)28-22(29-30)24(32)33-13-21(31)15-3-7-17(25)8-4-15/h2-12H,13H2,1H3. The number of carbonyl (C=O) groups excluding carboxylic acids is 2. The molecule has 6 nitrogen and oxygen atoms in total. The minimum Gasteiger partial charge on any atom is -0.451 e. The smallest absolute Gasteiger partial charge is 0.378 e. The summed E-state index contributed by atoms with van der Waals surface area (Å²) in [5.41, 5.74) is 2.29. The van der Waals surface area contributed by atoms with Crippen LogP contribution in [0, 0.1) is 12.7 Å². The Morgan fingerprint density at radius 3 is 2.36 bits per heavy atom. The maximum absolute atomic E-state index is 13.4. The van der Waals surface area contributed by atoms with Gasteiger partial charge < -0.3 is 4.74 Å². The summed E-state index contributed by atoms with van der Waals surface area (Å²) in [4.78, 5) is 29.2. The van der Waals surface area contributed by atoms with E-state index in [0.717, 1.165) is 5.56 Å². The number of hydrogen-bond acceptors (Lipinski definition) is 5. The number of aromatic nitrogens is 3. The average Bonchev–Trinajstić information content (AvgIpc) is 3.25. The highest BCUT2D eigenvalue weighted by atomic mass is 35.5. The maximum Gasteiger partial charge on any atom is 0.378 e. The molecule has 1 aromatic heterocycles. The molecule has 0 amide bonds. The molecule has 4 aromatic rings. The quantitative estimate of drug-likeness (QED) is 0.258. The van der Waals surface area contributed by atoms with Crippen LogP contribution in [-0.2, 0) is 4.74 Å². The van der Waals surface area contributed by atoms with Gasteiger partial charge in [-0.05, 0) is 73.2 Å². The number of benzene rings is 3. The number of nitrogens with zero attached hydrogens (tertiary/aromatic N) is 3. The zero-order valence-electron chi connectivity index (χ0n) is 17.3. The van der Waals surface area contributed by atoms with E-state index >= 15 is 0 Å². The summed E-state index contributed by atoms with van der Waals surface area (Å²) in [5, 5.41) is 5.26. The second kappa shape index (κ2) is 9.52. The normalized spacial score (nSPS) is 10.8. The van der Waals surface area contributed by atoms with Crippen molar-refractivity contribution in [3.8, 4) is 17.1 Å². The minimum atomic E-state index is -0.877. The first-order valence-electron chi connectivity index (χ1n) is 9.77. The van der Waals surface area contributed by atoms with Crippen LogP contribution < -0.4 is 0 Å². The molecule has 0 aliphatic heterocycles. The minimum absolute atomic E-state index is 0.255. The Kier molecular flexibility index (Phi) is 6.53. The molecule has 0 saturated heterocycles. The van der Waals surface area contributed by atoms with E-state index in [0.29, 0.717) is 26.9 Å². The summed E-state index contributed by atoms with van der Waals surface area (Å²) >= 11 is 12.1. The average molecular weight is 484 g/mol. The summed E-state index contributed by atoms with van der Waals surface area (Å²) < 4.78 is 20.0. The number of ether oxygens (including phenoxy) is 1. The summed E-state index contributed by atoms with van der Waals surface area (Å²) in [6.45, 7) is 1.37. The highest BCUT2D eigenvalue weighted by molar-refractivity contribution is 6.31. The molecule has 0 radical (unpaired) electrons. The molecule has 1 heterocycles. The van der Waals surface area contributed by atoms with Crippen LogP contribution in [0.15, 0.2) is 66.7 Å². The van der Waals surface area contributed by atoms with Crippen LogP contribution in [0.5, 0.6) is 0 Å². The Morgan fingerprint density at radius 1 is 1.00 bits per heavy atom.